The number of dihydropyridines is 1. The van der Waals surface area contributed by atoms with Crippen LogP contribution in [-0.2, 0) is 14.3 Å². The minimum atomic E-state index is -0.965. The van der Waals surface area contributed by atoms with Gasteiger partial charge in [-0.25, -0.2) is 4.79 Å². The Labute approximate surface area is 180 Å². The van der Waals surface area contributed by atoms with E-state index in [1.54, 1.807) is 6.92 Å². The van der Waals surface area contributed by atoms with Gasteiger partial charge < -0.3 is 19.5 Å². The van der Waals surface area contributed by atoms with Gasteiger partial charge >= 0.3 is 5.97 Å². The number of nitro groups is 1. The van der Waals surface area contributed by atoms with E-state index in [0.717, 1.165) is 0 Å². The molecule has 9 nitrogen and oxygen atoms in total. The van der Waals surface area contributed by atoms with E-state index in [9.17, 15) is 19.7 Å². The fraction of sp³-hybridized carbons (Fsp3) is 0.455. The minimum Gasteiger partial charge on any atom is -0.493 e. The highest BCUT2D eigenvalue weighted by Crippen LogP contribution is 2.50. The third kappa shape index (κ3) is 3.87. The first kappa shape index (κ1) is 22.3. The van der Waals surface area contributed by atoms with Crippen LogP contribution in [0.2, 0.25) is 0 Å². The molecule has 1 N–H and O–H groups in total. The molecule has 0 radical (unpaired) electrons. The Bertz CT molecular complexity index is 1040. The second-order valence-corrected chi connectivity index (χ2v) is 8.44. The van der Waals surface area contributed by atoms with Crippen LogP contribution in [-0.4, -0.2) is 38.0 Å². The summed E-state index contributed by atoms with van der Waals surface area (Å²) >= 11 is 0. The zero-order valence-corrected chi connectivity index (χ0v) is 18.5. The van der Waals surface area contributed by atoms with Crippen molar-refractivity contribution >= 4 is 17.4 Å². The summed E-state index contributed by atoms with van der Waals surface area (Å²) < 4.78 is 15.5. The molecule has 0 bridgehead atoms. The number of methoxy groups -OCH3 is 3. The maximum atomic E-state index is 13.3. The summed E-state index contributed by atoms with van der Waals surface area (Å²) in [6.07, 6.45) is 0.829. The Balaban J connectivity index is 2.36. The average molecular weight is 430 g/mol. The molecule has 0 spiro atoms. The van der Waals surface area contributed by atoms with E-state index < -0.39 is 16.8 Å². The van der Waals surface area contributed by atoms with Gasteiger partial charge in [0.25, 0.3) is 5.69 Å². The van der Waals surface area contributed by atoms with Crippen molar-refractivity contribution in [2.24, 2.45) is 5.41 Å². The Morgan fingerprint density at radius 2 is 1.77 bits per heavy atom. The highest BCUT2D eigenvalue weighted by atomic mass is 16.6. The van der Waals surface area contributed by atoms with Crippen molar-refractivity contribution < 1.29 is 28.7 Å². The number of esters is 1. The molecule has 31 heavy (non-hydrogen) atoms. The standard InChI is InChI=1S/C22H26N2O7/c1-11-18(21(26)31-6)19(20-13(23-11)9-22(2,3)10-15(20)25)12-7-16(29-4)17(30-5)8-14(12)24(27)28/h7-8,19,23H,9-10H2,1-6H3. The molecule has 1 heterocycles. The average Bonchev–Trinajstić information content (AvgIpc) is 2.70. The summed E-state index contributed by atoms with van der Waals surface area (Å²) in [6, 6.07) is 2.71. The predicted molar refractivity (Wildman–Crippen MR) is 112 cm³/mol. The number of carbonyl (C=O) groups is 2. The van der Waals surface area contributed by atoms with Crippen molar-refractivity contribution in [1.29, 1.82) is 0 Å². The van der Waals surface area contributed by atoms with Gasteiger partial charge in [-0.15, -0.1) is 0 Å². The van der Waals surface area contributed by atoms with E-state index in [1.165, 1.54) is 33.5 Å². The molecule has 0 saturated heterocycles. The van der Waals surface area contributed by atoms with Crippen LogP contribution in [0.5, 0.6) is 11.5 Å². The van der Waals surface area contributed by atoms with E-state index in [1.807, 2.05) is 13.8 Å². The van der Waals surface area contributed by atoms with E-state index in [-0.39, 0.29) is 45.9 Å². The van der Waals surface area contributed by atoms with Crippen molar-refractivity contribution in [3.63, 3.8) is 0 Å². The molecule has 1 unspecified atom stereocenters. The van der Waals surface area contributed by atoms with Crippen LogP contribution in [0.1, 0.15) is 45.1 Å². The van der Waals surface area contributed by atoms with Crippen molar-refractivity contribution in [1.82, 2.24) is 5.32 Å². The molecule has 1 aromatic rings. The molecule has 9 heteroatoms. The zero-order chi connectivity index (χ0) is 23.1. The quantitative estimate of drug-likeness (QED) is 0.429. The third-order valence-electron chi connectivity index (χ3n) is 5.69. The molecule has 1 atom stereocenters. The number of hydrogen-bond acceptors (Lipinski definition) is 8. The molecule has 1 aromatic carbocycles. The van der Waals surface area contributed by atoms with E-state index in [2.05, 4.69) is 5.32 Å². The van der Waals surface area contributed by atoms with Gasteiger partial charge in [-0.3, -0.25) is 14.9 Å². The molecule has 0 fully saturated rings. The Kier molecular flexibility index (Phi) is 5.80. The number of benzene rings is 1. The Morgan fingerprint density at radius 1 is 1.16 bits per heavy atom. The highest BCUT2D eigenvalue weighted by Gasteiger charge is 2.45. The van der Waals surface area contributed by atoms with Gasteiger partial charge in [0.15, 0.2) is 17.3 Å². The van der Waals surface area contributed by atoms with Gasteiger partial charge in [-0.05, 0) is 24.8 Å². The topological polar surface area (TPSA) is 117 Å². The largest absolute Gasteiger partial charge is 0.493 e. The van der Waals surface area contributed by atoms with Gasteiger partial charge in [0, 0.05) is 29.0 Å². The maximum Gasteiger partial charge on any atom is 0.336 e. The van der Waals surface area contributed by atoms with Gasteiger partial charge in [0.05, 0.1) is 43.8 Å². The second kappa shape index (κ2) is 8.05. The summed E-state index contributed by atoms with van der Waals surface area (Å²) in [4.78, 5) is 37.4. The van der Waals surface area contributed by atoms with Crippen molar-refractivity contribution in [3.8, 4) is 11.5 Å². The van der Waals surface area contributed by atoms with Crippen LogP contribution in [0.15, 0.2) is 34.7 Å². The van der Waals surface area contributed by atoms with Crippen molar-refractivity contribution in [2.75, 3.05) is 21.3 Å². The van der Waals surface area contributed by atoms with Gasteiger partial charge in [0.1, 0.15) is 0 Å². The third-order valence-corrected chi connectivity index (χ3v) is 5.69. The molecule has 2 aliphatic rings. The number of carbonyl (C=O) groups excluding carboxylic acids is 2. The van der Waals surface area contributed by atoms with E-state index >= 15 is 0 Å². The number of Topliss-reactive ketones (excluding diaryl/α,β-unsaturated/α-hetero) is 1. The lowest BCUT2D eigenvalue weighted by atomic mass is 9.68. The number of ether oxygens (including phenoxy) is 3. The van der Waals surface area contributed by atoms with Gasteiger partial charge in [-0.1, -0.05) is 13.8 Å². The minimum absolute atomic E-state index is 0.157. The monoisotopic (exact) mass is 430 g/mol. The molecular weight excluding hydrogens is 404 g/mol. The number of hydrogen-bond donors (Lipinski definition) is 1. The van der Waals surface area contributed by atoms with Crippen molar-refractivity contribution in [2.45, 2.75) is 39.5 Å². The van der Waals surface area contributed by atoms with E-state index in [0.29, 0.717) is 23.4 Å². The smallest absolute Gasteiger partial charge is 0.336 e. The lowest BCUT2D eigenvalue weighted by Crippen LogP contribution is -2.38. The maximum absolute atomic E-state index is 13.3. The zero-order valence-electron chi connectivity index (χ0n) is 18.5. The fourth-order valence-corrected chi connectivity index (χ4v) is 4.40. The first-order valence-electron chi connectivity index (χ1n) is 9.77. The lowest BCUT2D eigenvalue weighted by molar-refractivity contribution is -0.385. The number of ketones is 1. The number of nitrogens with one attached hydrogen (secondary N) is 1. The fourth-order valence-electron chi connectivity index (χ4n) is 4.40. The molecule has 0 saturated carbocycles. The number of nitrogens with zero attached hydrogens (tertiary/aromatic N) is 1. The Hall–Kier alpha value is -3.36. The number of allylic oxidation sites excluding steroid dienone is 3. The molecule has 1 aliphatic heterocycles. The second-order valence-electron chi connectivity index (χ2n) is 8.44. The normalized spacial score (nSPS) is 20.1. The molecule has 1 aliphatic carbocycles. The number of nitro benzene ring substituents is 1. The van der Waals surface area contributed by atoms with Crippen LogP contribution >= 0.6 is 0 Å². The lowest BCUT2D eigenvalue weighted by Gasteiger charge is -2.39. The van der Waals surface area contributed by atoms with Gasteiger partial charge in [-0.2, -0.15) is 0 Å². The molecule has 166 valence electrons. The van der Waals surface area contributed by atoms with Crippen LogP contribution in [0.4, 0.5) is 5.69 Å². The summed E-state index contributed by atoms with van der Waals surface area (Å²) in [7, 11) is 4.03. The number of rotatable bonds is 5. The summed E-state index contributed by atoms with van der Waals surface area (Å²) in [5.41, 5.74) is 1.28. The van der Waals surface area contributed by atoms with Gasteiger partial charge in [0.2, 0.25) is 0 Å². The first-order valence-corrected chi connectivity index (χ1v) is 9.77. The van der Waals surface area contributed by atoms with Crippen LogP contribution < -0.4 is 14.8 Å². The SMILES string of the molecule is COC(=O)C1=C(C)NC2=C(C(=O)CC(C)(C)C2)C1c1cc(OC)c(OC)cc1[N+](=O)[O-]. The van der Waals surface area contributed by atoms with Crippen LogP contribution in [0.3, 0.4) is 0 Å². The predicted octanol–water partition coefficient (Wildman–Crippen LogP) is 3.39. The molecular formula is C22H26N2O7. The summed E-state index contributed by atoms with van der Waals surface area (Å²) in [5.74, 6) is -1.36. The Morgan fingerprint density at radius 3 is 2.32 bits per heavy atom. The van der Waals surface area contributed by atoms with Crippen LogP contribution in [0, 0.1) is 15.5 Å². The van der Waals surface area contributed by atoms with Crippen molar-refractivity contribution in [3.05, 3.63) is 50.4 Å². The first-order chi connectivity index (χ1) is 14.5. The van der Waals surface area contributed by atoms with Crippen LogP contribution in [0.25, 0.3) is 0 Å². The summed E-state index contributed by atoms with van der Waals surface area (Å²) in [5, 5.41) is 15.1. The molecule has 0 aromatic heterocycles. The molecule has 0 amide bonds. The summed E-state index contributed by atoms with van der Waals surface area (Å²) in [6.45, 7) is 5.67. The van der Waals surface area contributed by atoms with E-state index in [4.69, 9.17) is 14.2 Å². The highest BCUT2D eigenvalue weighted by molar-refractivity contribution is 6.04. The molecule has 3 rings (SSSR count).